The lowest BCUT2D eigenvalue weighted by atomic mass is 9.90. The Morgan fingerprint density at radius 1 is 1.15 bits per heavy atom. The minimum absolute atomic E-state index is 0.378. The van der Waals surface area contributed by atoms with Gasteiger partial charge in [0.2, 0.25) is 0 Å². The second-order valence-corrected chi connectivity index (χ2v) is 4.56. The van der Waals surface area contributed by atoms with Crippen LogP contribution in [0.5, 0.6) is 0 Å². The van der Waals surface area contributed by atoms with Gasteiger partial charge in [0.1, 0.15) is 0 Å². The molecule has 0 amide bonds. The van der Waals surface area contributed by atoms with Gasteiger partial charge >= 0.3 is 0 Å². The van der Waals surface area contributed by atoms with Gasteiger partial charge in [-0.25, -0.2) is 0 Å². The summed E-state index contributed by atoms with van der Waals surface area (Å²) in [7, 11) is 4.27. The van der Waals surface area contributed by atoms with Gasteiger partial charge in [-0.1, -0.05) is 19.3 Å². The molecule has 0 bridgehead atoms. The molecule has 0 aliphatic heterocycles. The second kappa shape index (κ2) is 5.61. The van der Waals surface area contributed by atoms with Crippen molar-refractivity contribution in [3.8, 4) is 0 Å². The molecule has 2 unspecified atom stereocenters. The van der Waals surface area contributed by atoms with Crippen molar-refractivity contribution < 1.29 is 5.11 Å². The molecule has 0 spiro atoms. The summed E-state index contributed by atoms with van der Waals surface area (Å²) in [6.45, 7) is 1.58. The normalized spacial score (nSPS) is 28.6. The second-order valence-electron chi connectivity index (χ2n) is 4.56. The minimum atomic E-state index is 0.378. The van der Waals surface area contributed by atoms with Gasteiger partial charge in [-0.3, -0.25) is 0 Å². The van der Waals surface area contributed by atoms with Crippen LogP contribution < -0.4 is 0 Å². The molecule has 1 aliphatic rings. The third-order valence-electron chi connectivity index (χ3n) is 3.26. The highest BCUT2D eigenvalue weighted by Crippen LogP contribution is 2.35. The van der Waals surface area contributed by atoms with Crippen molar-refractivity contribution in [2.45, 2.75) is 32.1 Å². The summed E-state index contributed by atoms with van der Waals surface area (Å²) in [5.74, 6) is 1.69. The first-order valence-electron chi connectivity index (χ1n) is 5.49. The molecule has 0 aromatic heterocycles. The van der Waals surface area contributed by atoms with E-state index in [0.29, 0.717) is 6.61 Å². The Bertz CT molecular complexity index is 136. The number of hydrogen-bond donors (Lipinski definition) is 1. The van der Waals surface area contributed by atoms with Gasteiger partial charge in [-0.2, -0.15) is 0 Å². The van der Waals surface area contributed by atoms with Crippen molar-refractivity contribution in [1.29, 1.82) is 0 Å². The SMILES string of the molecule is CN(C)CCC1CCCC1CCO. The largest absolute Gasteiger partial charge is 0.396 e. The highest BCUT2D eigenvalue weighted by atomic mass is 16.3. The molecular formula is C11H23NO. The molecule has 1 aliphatic carbocycles. The average Bonchev–Trinajstić information content (AvgIpc) is 2.49. The summed E-state index contributed by atoms with van der Waals surface area (Å²) >= 11 is 0. The summed E-state index contributed by atoms with van der Waals surface area (Å²) in [4.78, 5) is 2.26. The summed E-state index contributed by atoms with van der Waals surface area (Å²) in [5, 5.41) is 8.91. The van der Waals surface area contributed by atoms with Crippen LogP contribution in [0.4, 0.5) is 0 Å². The number of hydrogen-bond acceptors (Lipinski definition) is 2. The van der Waals surface area contributed by atoms with Gasteiger partial charge in [-0.05, 0) is 45.3 Å². The van der Waals surface area contributed by atoms with Gasteiger partial charge < -0.3 is 10.0 Å². The number of aliphatic hydroxyl groups excluding tert-OH is 1. The fourth-order valence-electron chi connectivity index (χ4n) is 2.46. The van der Waals surface area contributed by atoms with Crippen molar-refractivity contribution in [3.05, 3.63) is 0 Å². The van der Waals surface area contributed by atoms with E-state index in [4.69, 9.17) is 5.11 Å². The lowest BCUT2D eigenvalue weighted by Gasteiger charge is -2.20. The van der Waals surface area contributed by atoms with Crippen molar-refractivity contribution >= 4 is 0 Å². The van der Waals surface area contributed by atoms with Crippen LogP contribution in [0.1, 0.15) is 32.1 Å². The molecule has 78 valence electrons. The molecule has 1 N–H and O–H groups in total. The Balaban J connectivity index is 2.22. The number of nitrogens with zero attached hydrogens (tertiary/aromatic N) is 1. The van der Waals surface area contributed by atoms with E-state index < -0.39 is 0 Å². The maximum atomic E-state index is 8.91. The zero-order valence-electron chi connectivity index (χ0n) is 9.00. The zero-order valence-corrected chi connectivity index (χ0v) is 9.00. The predicted molar refractivity (Wildman–Crippen MR) is 55.7 cm³/mol. The van der Waals surface area contributed by atoms with Crippen LogP contribution in [0, 0.1) is 11.8 Å². The van der Waals surface area contributed by atoms with Gasteiger partial charge in [0.25, 0.3) is 0 Å². The van der Waals surface area contributed by atoms with Crippen LogP contribution in [0.25, 0.3) is 0 Å². The minimum Gasteiger partial charge on any atom is -0.396 e. The molecule has 0 heterocycles. The maximum Gasteiger partial charge on any atom is 0.0433 e. The molecule has 1 rings (SSSR count). The molecular weight excluding hydrogens is 162 g/mol. The molecule has 0 aromatic rings. The van der Waals surface area contributed by atoms with E-state index in [-0.39, 0.29) is 0 Å². The van der Waals surface area contributed by atoms with Crippen molar-refractivity contribution in [2.24, 2.45) is 11.8 Å². The van der Waals surface area contributed by atoms with Crippen LogP contribution in [-0.2, 0) is 0 Å². The molecule has 1 saturated carbocycles. The van der Waals surface area contributed by atoms with Gasteiger partial charge in [-0.15, -0.1) is 0 Å². The monoisotopic (exact) mass is 185 g/mol. The summed E-state index contributed by atoms with van der Waals surface area (Å²) in [6.07, 6.45) is 6.45. The van der Waals surface area contributed by atoms with Gasteiger partial charge in [0.05, 0.1) is 0 Å². The molecule has 2 heteroatoms. The first-order chi connectivity index (χ1) is 6.24. The molecule has 0 radical (unpaired) electrons. The van der Waals surface area contributed by atoms with E-state index in [1.165, 1.54) is 32.2 Å². The van der Waals surface area contributed by atoms with Crippen molar-refractivity contribution in [3.63, 3.8) is 0 Å². The average molecular weight is 185 g/mol. The van der Waals surface area contributed by atoms with E-state index in [1.54, 1.807) is 0 Å². The highest BCUT2D eigenvalue weighted by molar-refractivity contribution is 4.77. The Morgan fingerprint density at radius 3 is 2.31 bits per heavy atom. The third-order valence-corrected chi connectivity index (χ3v) is 3.26. The van der Waals surface area contributed by atoms with Crippen LogP contribution in [0.3, 0.4) is 0 Å². The first-order valence-corrected chi connectivity index (χ1v) is 5.49. The molecule has 2 nitrogen and oxygen atoms in total. The summed E-state index contributed by atoms with van der Waals surface area (Å²) < 4.78 is 0. The van der Waals surface area contributed by atoms with Crippen LogP contribution in [0.2, 0.25) is 0 Å². The van der Waals surface area contributed by atoms with Crippen LogP contribution in [0.15, 0.2) is 0 Å². The fraction of sp³-hybridized carbons (Fsp3) is 1.00. The smallest absolute Gasteiger partial charge is 0.0433 e. The summed E-state index contributed by atoms with van der Waals surface area (Å²) in [5.41, 5.74) is 0. The van der Waals surface area contributed by atoms with Crippen molar-refractivity contribution in [1.82, 2.24) is 4.90 Å². The lowest BCUT2D eigenvalue weighted by molar-refractivity contribution is 0.222. The molecule has 0 aromatic carbocycles. The predicted octanol–water partition coefficient (Wildman–Crippen LogP) is 1.74. The van der Waals surface area contributed by atoms with E-state index in [0.717, 1.165) is 18.3 Å². The van der Waals surface area contributed by atoms with Crippen LogP contribution >= 0.6 is 0 Å². The van der Waals surface area contributed by atoms with Crippen LogP contribution in [-0.4, -0.2) is 37.3 Å². The first kappa shape index (κ1) is 11.0. The Labute approximate surface area is 81.9 Å². The highest BCUT2D eigenvalue weighted by Gasteiger charge is 2.26. The number of rotatable bonds is 5. The van der Waals surface area contributed by atoms with Gasteiger partial charge in [0.15, 0.2) is 0 Å². The number of aliphatic hydroxyl groups is 1. The lowest BCUT2D eigenvalue weighted by Crippen LogP contribution is -2.19. The Kier molecular flexibility index (Phi) is 4.74. The Hall–Kier alpha value is -0.0800. The molecule has 2 atom stereocenters. The zero-order chi connectivity index (χ0) is 9.68. The van der Waals surface area contributed by atoms with E-state index in [9.17, 15) is 0 Å². The van der Waals surface area contributed by atoms with E-state index >= 15 is 0 Å². The van der Waals surface area contributed by atoms with E-state index in [2.05, 4.69) is 19.0 Å². The molecule has 13 heavy (non-hydrogen) atoms. The van der Waals surface area contributed by atoms with Gasteiger partial charge in [0, 0.05) is 6.61 Å². The fourth-order valence-corrected chi connectivity index (χ4v) is 2.46. The van der Waals surface area contributed by atoms with Crippen molar-refractivity contribution in [2.75, 3.05) is 27.2 Å². The third kappa shape index (κ3) is 3.65. The molecule has 1 fully saturated rings. The Morgan fingerprint density at radius 2 is 1.77 bits per heavy atom. The standard InChI is InChI=1S/C11H23NO/c1-12(2)8-6-10-4-3-5-11(10)7-9-13/h10-11,13H,3-9H2,1-2H3. The topological polar surface area (TPSA) is 23.5 Å². The molecule has 0 saturated heterocycles. The van der Waals surface area contributed by atoms with E-state index in [1.807, 2.05) is 0 Å². The quantitative estimate of drug-likeness (QED) is 0.705. The maximum absolute atomic E-state index is 8.91. The summed E-state index contributed by atoms with van der Waals surface area (Å²) in [6, 6.07) is 0.